The van der Waals surface area contributed by atoms with Crippen molar-refractivity contribution in [2.75, 3.05) is 0 Å². The quantitative estimate of drug-likeness (QED) is 0.501. The van der Waals surface area contributed by atoms with Gasteiger partial charge < -0.3 is 0 Å². The van der Waals surface area contributed by atoms with Crippen LogP contribution >= 0.6 is 0 Å². The maximum absolute atomic E-state index is 2.49. The molecule has 0 amide bonds. The number of fused-ring (bicyclic) bond motifs is 3. The summed E-state index contributed by atoms with van der Waals surface area (Å²) in [6, 6.07) is 15.9. The topological polar surface area (TPSA) is 0 Å². The molecule has 0 saturated heterocycles. The van der Waals surface area contributed by atoms with Gasteiger partial charge in [-0.15, -0.1) is 0 Å². The summed E-state index contributed by atoms with van der Waals surface area (Å²) in [5.74, 6) is 0. The third-order valence-corrected chi connectivity index (χ3v) is 6.57. The molecule has 3 aliphatic rings. The minimum absolute atomic E-state index is 0.176. The Hall–Kier alpha value is -2.08. The van der Waals surface area contributed by atoms with Gasteiger partial charge in [-0.25, -0.2) is 0 Å². The standard InChI is InChI=1S/C24H24/c1-23(2)15-24(3,22-13-7-12-21(22)23)20-11-6-10-18-17-9-5-4-8-16(17)14-19(18)20/h4-12H,13-15H2,1-3H3. The van der Waals surface area contributed by atoms with Gasteiger partial charge in [-0.1, -0.05) is 81.0 Å². The minimum atomic E-state index is 0.176. The third-order valence-electron chi connectivity index (χ3n) is 6.57. The molecule has 120 valence electrons. The van der Waals surface area contributed by atoms with E-state index in [1.807, 2.05) is 0 Å². The van der Waals surface area contributed by atoms with E-state index in [2.05, 4.69) is 75.4 Å². The van der Waals surface area contributed by atoms with E-state index < -0.39 is 0 Å². The van der Waals surface area contributed by atoms with Crippen molar-refractivity contribution < 1.29 is 0 Å². The Balaban J connectivity index is 1.71. The highest BCUT2D eigenvalue weighted by Gasteiger charge is 2.48. The van der Waals surface area contributed by atoms with E-state index in [1.54, 1.807) is 22.3 Å². The van der Waals surface area contributed by atoms with E-state index in [9.17, 15) is 0 Å². The fraction of sp³-hybridized carbons (Fsp3) is 0.333. The number of hydrogen-bond acceptors (Lipinski definition) is 0. The van der Waals surface area contributed by atoms with Gasteiger partial charge in [0, 0.05) is 5.41 Å². The van der Waals surface area contributed by atoms with E-state index in [0.29, 0.717) is 0 Å². The predicted octanol–water partition coefficient (Wildman–Crippen LogP) is 6.20. The number of benzene rings is 2. The molecule has 2 aromatic carbocycles. The van der Waals surface area contributed by atoms with Gasteiger partial charge in [0.15, 0.2) is 0 Å². The molecule has 0 saturated carbocycles. The Labute approximate surface area is 144 Å². The maximum Gasteiger partial charge on any atom is 0.0154 e. The van der Waals surface area contributed by atoms with Crippen molar-refractivity contribution in [2.24, 2.45) is 5.41 Å². The zero-order valence-electron chi connectivity index (χ0n) is 14.8. The number of rotatable bonds is 1. The fourth-order valence-corrected chi connectivity index (χ4v) is 5.68. The molecule has 24 heavy (non-hydrogen) atoms. The summed E-state index contributed by atoms with van der Waals surface area (Å²) >= 11 is 0. The summed E-state index contributed by atoms with van der Waals surface area (Å²) in [4.78, 5) is 0. The van der Waals surface area contributed by atoms with Crippen LogP contribution in [0.5, 0.6) is 0 Å². The van der Waals surface area contributed by atoms with Gasteiger partial charge in [-0.2, -0.15) is 0 Å². The lowest BCUT2D eigenvalue weighted by Gasteiger charge is -2.33. The molecule has 1 atom stereocenters. The molecular weight excluding hydrogens is 288 g/mol. The van der Waals surface area contributed by atoms with Crippen LogP contribution in [0.25, 0.3) is 11.1 Å². The van der Waals surface area contributed by atoms with Gasteiger partial charge in [0.2, 0.25) is 0 Å². The SMILES string of the molecule is CC1(C)CC(C)(c2cccc3c2Cc2ccccc2-3)C2=C1C=CC2. The first-order valence-corrected chi connectivity index (χ1v) is 9.12. The Morgan fingerprint density at radius 2 is 1.67 bits per heavy atom. The van der Waals surface area contributed by atoms with Crippen molar-refractivity contribution >= 4 is 0 Å². The molecule has 0 N–H and O–H groups in total. The van der Waals surface area contributed by atoms with Crippen LogP contribution in [-0.4, -0.2) is 0 Å². The number of hydrogen-bond donors (Lipinski definition) is 0. The van der Waals surface area contributed by atoms with Gasteiger partial charge >= 0.3 is 0 Å². The first-order chi connectivity index (χ1) is 11.5. The number of allylic oxidation sites excluding steroid dienone is 4. The highest BCUT2D eigenvalue weighted by atomic mass is 14.5. The van der Waals surface area contributed by atoms with Crippen molar-refractivity contribution in [1.29, 1.82) is 0 Å². The van der Waals surface area contributed by atoms with Crippen LogP contribution < -0.4 is 0 Å². The molecule has 0 radical (unpaired) electrons. The summed E-state index contributed by atoms with van der Waals surface area (Å²) in [6.07, 6.45) is 8.20. The Morgan fingerprint density at radius 3 is 2.54 bits per heavy atom. The zero-order valence-corrected chi connectivity index (χ0v) is 14.8. The van der Waals surface area contributed by atoms with E-state index in [4.69, 9.17) is 0 Å². The van der Waals surface area contributed by atoms with Gasteiger partial charge in [-0.05, 0) is 58.1 Å². The molecule has 0 nitrogen and oxygen atoms in total. The normalized spacial score (nSPS) is 25.8. The van der Waals surface area contributed by atoms with Crippen LogP contribution in [0.4, 0.5) is 0 Å². The lowest BCUT2D eigenvalue weighted by Crippen LogP contribution is -2.26. The highest BCUT2D eigenvalue weighted by Crippen LogP contribution is 2.59. The van der Waals surface area contributed by atoms with Crippen molar-refractivity contribution in [3.05, 3.63) is 82.5 Å². The van der Waals surface area contributed by atoms with Gasteiger partial charge in [0.25, 0.3) is 0 Å². The molecule has 0 aliphatic heterocycles. The summed E-state index contributed by atoms with van der Waals surface area (Å²) < 4.78 is 0. The summed E-state index contributed by atoms with van der Waals surface area (Å²) in [5, 5.41) is 0. The third kappa shape index (κ3) is 1.69. The molecule has 0 heteroatoms. The second-order valence-electron chi connectivity index (χ2n) is 8.56. The second kappa shape index (κ2) is 4.51. The van der Waals surface area contributed by atoms with Crippen LogP contribution in [0.3, 0.4) is 0 Å². The molecule has 0 bridgehead atoms. The van der Waals surface area contributed by atoms with Crippen LogP contribution in [-0.2, 0) is 11.8 Å². The van der Waals surface area contributed by atoms with E-state index in [0.717, 1.165) is 12.8 Å². The summed E-state index contributed by atoms with van der Waals surface area (Å²) in [6.45, 7) is 7.32. The molecule has 1 unspecified atom stereocenters. The average Bonchev–Trinajstić information content (AvgIpc) is 3.23. The fourth-order valence-electron chi connectivity index (χ4n) is 5.68. The molecule has 0 aromatic heterocycles. The van der Waals surface area contributed by atoms with Crippen molar-refractivity contribution in [2.45, 2.75) is 45.4 Å². The molecule has 0 fully saturated rings. The lowest BCUT2D eigenvalue weighted by molar-refractivity contribution is 0.367. The largest absolute Gasteiger partial charge is 0.0801 e. The van der Waals surface area contributed by atoms with E-state index >= 15 is 0 Å². The van der Waals surface area contributed by atoms with Crippen LogP contribution in [0, 0.1) is 5.41 Å². The van der Waals surface area contributed by atoms with Crippen LogP contribution in [0.15, 0.2) is 65.8 Å². The second-order valence-corrected chi connectivity index (χ2v) is 8.56. The van der Waals surface area contributed by atoms with Crippen molar-refractivity contribution in [1.82, 2.24) is 0 Å². The Bertz CT molecular complexity index is 923. The predicted molar refractivity (Wildman–Crippen MR) is 101 cm³/mol. The van der Waals surface area contributed by atoms with Gasteiger partial charge in [-0.3, -0.25) is 0 Å². The Morgan fingerprint density at radius 1 is 0.875 bits per heavy atom. The monoisotopic (exact) mass is 312 g/mol. The molecule has 5 rings (SSSR count). The van der Waals surface area contributed by atoms with Crippen molar-refractivity contribution in [3.63, 3.8) is 0 Å². The molecule has 0 spiro atoms. The van der Waals surface area contributed by atoms with Gasteiger partial charge in [0.05, 0.1) is 0 Å². The molecule has 3 aliphatic carbocycles. The summed E-state index contributed by atoms with van der Waals surface area (Å²) in [5.41, 5.74) is 11.2. The smallest absolute Gasteiger partial charge is 0.0154 e. The van der Waals surface area contributed by atoms with Crippen molar-refractivity contribution in [3.8, 4) is 11.1 Å². The maximum atomic E-state index is 2.49. The highest BCUT2D eigenvalue weighted by molar-refractivity contribution is 5.79. The van der Waals surface area contributed by atoms with Crippen LogP contribution in [0.1, 0.15) is 50.3 Å². The zero-order chi connectivity index (χ0) is 16.5. The lowest BCUT2D eigenvalue weighted by atomic mass is 9.70. The van der Waals surface area contributed by atoms with Gasteiger partial charge in [0.1, 0.15) is 0 Å². The first-order valence-electron chi connectivity index (χ1n) is 9.12. The molecule has 2 aromatic rings. The minimum Gasteiger partial charge on any atom is -0.0801 e. The van der Waals surface area contributed by atoms with Crippen LogP contribution in [0.2, 0.25) is 0 Å². The Kier molecular flexibility index (Phi) is 2.68. The summed E-state index contributed by atoms with van der Waals surface area (Å²) in [7, 11) is 0. The van der Waals surface area contributed by atoms with E-state index in [1.165, 1.54) is 23.1 Å². The first kappa shape index (κ1) is 14.3. The van der Waals surface area contributed by atoms with E-state index in [-0.39, 0.29) is 10.8 Å². The average molecular weight is 312 g/mol. The molecular formula is C24H24. The molecule has 0 heterocycles.